The number of aromatic nitrogens is 1. The summed E-state index contributed by atoms with van der Waals surface area (Å²) in [5, 5.41) is 23.1. The van der Waals surface area contributed by atoms with Crippen molar-refractivity contribution in [2.45, 2.75) is 31.6 Å². The molecule has 24 heavy (non-hydrogen) atoms. The van der Waals surface area contributed by atoms with Gasteiger partial charge in [0, 0.05) is 30.6 Å². The molecule has 0 spiro atoms. The van der Waals surface area contributed by atoms with Crippen LogP contribution < -0.4 is 15.6 Å². The van der Waals surface area contributed by atoms with Crippen LogP contribution >= 0.6 is 0 Å². The topological polar surface area (TPSA) is 87.3 Å². The van der Waals surface area contributed by atoms with Crippen molar-refractivity contribution in [1.82, 2.24) is 4.57 Å². The molecule has 1 aliphatic heterocycles. The van der Waals surface area contributed by atoms with Crippen LogP contribution in [0.15, 0.2) is 41.3 Å². The fourth-order valence-corrected chi connectivity index (χ4v) is 2.92. The maximum Gasteiger partial charge on any atom is 0.252 e. The van der Waals surface area contributed by atoms with E-state index in [1.165, 1.54) is 10.6 Å². The van der Waals surface area contributed by atoms with E-state index < -0.39 is 17.7 Å². The molecule has 6 nitrogen and oxygen atoms in total. The lowest BCUT2D eigenvalue weighted by Crippen LogP contribution is -2.53. The summed E-state index contributed by atoms with van der Waals surface area (Å²) in [5.74, 6) is 0.563. The van der Waals surface area contributed by atoms with E-state index in [1.807, 2.05) is 13.8 Å². The Morgan fingerprint density at radius 2 is 2.08 bits per heavy atom. The molecule has 2 N–H and O–H groups in total. The van der Waals surface area contributed by atoms with Gasteiger partial charge in [0.2, 0.25) is 0 Å². The molecule has 0 radical (unpaired) electrons. The highest BCUT2D eigenvalue weighted by molar-refractivity contribution is 5.49. The zero-order valence-electron chi connectivity index (χ0n) is 13.8. The van der Waals surface area contributed by atoms with E-state index in [4.69, 9.17) is 10.00 Å². The van der Waals surface area contributed by atoms with Gasteiger partial charge in [-0.05, 0) is 38.1 Å². The Bertz CT molecular complexity index is 880. The van der Waals surface area contributed by atoms with Crippen molar-refractivity contribution in [3.05, 3.63) is 58.0 Å². The fourth-order valence-electron chi connectivity index (χ4n) is 2.92. The summed E-state index contributed by atoms with van der Waals surface area (Å²) < 4.78 is 7.48. The third-order valence-corrected chi connectivity index (χ3v) is 4.32. The standard InChI is InChI=1S/C18H19N3O3/c1-18(2)17(20-12-6-7-21(3)15(22)9-12)16(23)13-8-11(10-19)4-5-14(13)24-18/h4-9,16-17,20,23H,1-3H3/t16-,17-/m0/s1. The lowest BCUT2D eigenvalue weighted by molar-refractivity contribution is -0.00320. The molecule has 2 heterocycles. The summed E-state index contributed by atoms with van der Waals surface area (Å²) in [6, 6.07) is 9.83. The van der Waals surface area contributed by atoms with Gasteiger partial charge in [0.1, 0.15) is 17.5 Å². The first-order chi connectivity index (χ1) is 11.3. The third kappa shape index (κ3) is 2.74. The number of nitriles is 1. The molecule has 0 aliphatic carbocycles. The highest BCUT2D eigenvalue weighted by Crippen LogP contribution is 2.41. The Hall–Kier alpha value is -2.78. The van der Waals surface area contributed by atoms with Gasteiger partial charge in [-0.1, -0.05) is 0 Å². The first-order valence-corrected chi connectivity index (χ1v) is 7.66. The molecule has 0 unspecified atom stereocenters. The summed E-state index contributed by atoms with van der Waals surface area (Å²) in [4.78, 5) is 11.8. The largest absolute Gasteiger partial charge is 0.485 e. The molecule has 1 aromatic heterocycles. The van der Waals surface area contributed by atoms with Crippen LogP contribution in [0, 0.1) is 11.3 Å². The number of anilines is 1. The molecule has 1 aromatic carbocycles. The number of hydrogen-bond acceptors (Lipinski definition) is 5. The van der Waals surface area contributed by atoms with Crippen molar-refractivity contribution in [2.24, 2.45) is 7.05 Å². The average Bonchev–Trinajstić information content (AvgIpc) is 2.54. The third-order valence-electron chi connectivity index (χ3n) is 4.32. The van der Waals surface area contributed by atoms with E-state index >= 15 is 0 Å². The lowest BCUT2D eigenvalue weighted by atomic mass is 9.85. The van der Waals surface area contributed by atoms with Crippen molar-refractivity contribution in [2.75, 3.05) is 5.32 Å². The van der Waals surface area contributed by atoms with Gasteiger partial charge >= 0.3 is 0 Å². The maximum atomic E-state index is 11.8. The fraction of sp³-hybridized carbons (Fsp3) is 0.333. The molecule has 0 bridgehead atoms. The van der Waals surface area contributed by atoms with Gasteiger partial charge < -0.3 is 19.7 Å². The van der Waals surface area contributed by atoms with Gasteiger partial charge in [-0.25, -0.2) is 0 Å². The number of aliphatic hydroxyl groups is 1. The predicted molar refractivity (Wildman–Crippen MR) is 89.9 cm³/mol. The Morgan fingerprint density at radius 3 is 2.75 bits per heavy atom. The van der Waals surface area contributed by atoms with Crippen LogP contribution in [-0.2, 0) is 7.05 Å². The molecule has 0 amide bonds. The van der Waals surface area contributed by atoms with Gasteiger partial charge in [-0.2, -0.15) is 5.26 Å². The summed E-state index contributed by atoms with van der Waals surface area (Å²) >= 11 is 0. The number of fused-ring (bicyclic) bond motifs is 1. The molecule has 0 saturated heterocycles. The number of aliphatic hydroxyl groups excluding tert-OH is 1. The number of ether oxygens (including phenoxy) is 1. The van der Waals surface area contributed by atoms with Gasteiger partial charge in [-0.3, -0.25) is 4.79 Å². The van der Waals surface area contributed by atoms with Crippen molar-refractivity contribution >= 4 is 5.69 Å². The summed E-state index contributed by atoms with van der Waals surface area (Å²) in [6.45, 7) is 3.74. The molecule has 6 heteroatoms. The Morgan fingerprint density at radius 1 is 1.33 bits per heavy atom. The second-order valence-electron chi connectivity index (χ2n) is 6.50. The molecular formula is C18H19N3O3. The number of hydrogen-bond donors (Lipinski definition) is 2. The first-order valence-electron chi connectivity index (χ1n) is 7.66. The highest BCUT2D eigenvalue weighted by atomic mass is 16.5. The molecular weight excluding hydrogens is 306 g/mol. The zero-order chi connectivity index (χ0) is 17.5. The quantitative estimate of drug-likeness (QED) is 0.881. The SMILES string of the molecule is Cn1ccc(N[C@H]2[C@@H](O)c3cc(C#N)ccc3OC2(C)C)cc1=O. The minimum absolute atomic E-state index is 0.142. The molecule has 0 fully saturated rings. The van der Waals surface area contributed by atoms with Crippen molar-refractivity contribution in [3.8, 4) is 11.8 Å². The van der Waals surface area contributed by atoms with E-state index in [-0.39, 0.29) is 5.56 Å². The Balaban J connectivity index is 1.98. The van der Waals surface area contributed by atoms with Crippen LogP contribution in [0.4, 0.5) is 5.69 Å². The van der Waals surface area contributed by atoms with E-state index in [9.17, 15) is 9.90 Å². The average molecular weight is 325 g/mol. The lowest BCUT2D eigenvalue weighted by Gasteiger charge is -2.43. The maximum absolute atomic E-state index is 11.8. The molecule has 2 aromatic rings. The van der Waals surface area contributed by atoms with Gasteiger partial charge in [0.25, 0.3) is 5.56 Å². The summed E-state index contributed by atoms with van der Waals surface area (Å²) in [7, 11) is 1.67. The second-order valence-corrected chi connectivity index (χ2v) is 6.50. The van der Waals surface area contributed by atoms with Crippen LogP contribution in [0.3, 0.4) is 0 Å². The highest BCUT2D eigenvalue weighted by Gasteiger charge is 2.43. The van der Waals surface area contributed by atoms with Crippen molar-refractivity contribution < 1.29 is 9.84 Å². The van der Waals surface area contributed by atoms with Crippen LogP contribution in [0.5, 0.6) is 5.75 Å². The van der Waals surface area contributed by atoms with Crippen LogP contribution in [0.1, 0.15) is 31.1 Å². The number of pyridine rings is 1. The normalized spacial score (nSPS) is 21.3. The number of rotatable bonds is 2. The van der Waals surface area contributed by atoms with Crippen molar-refractivity contribution in [3.63, 3.8) is 0 Å². The predicted octanol–water partition coefficient (Wildman–Crippen LogP) is 1.94. The second kappa shape index (κ2) is 5.69. The van der Waals surface area contributed by atoms with E-state index in [2.05, 4.69) is 11.4 Å². The minimum Gasteiger partial charge on any atom is -0.485 e. The molecule has 124 valence electrons. The van der Waals surface area contributed by atoms with Crippen LogP contribution in [0.25, 0.3) is 0 Å². The molecule has 3 rings (SSSR count). The number of aryl methyl sites for hydroxylation is 1. The smallest absolute Gasteiger partial charge is 0.252 e. The Labute approximate surface area is 139 Å². The monoisotopic (exact) mass is 325 g/mol. The van der Waals surface area contributed by atoms with E-state index in [0.717, 1.165) is 0 Å². The number of nitrogens with one attached hydrogen (secondary N) is 1. The first kappa shape index (κ1) is 16.1. The molecule has 0 saturated carbocycles. The van der Waals surface area contributed by atoms with E-state index in [1.54, 1.807) is 37.5 Å². The van der Waals surface area contributed by atoms with Gasteiger partial charge in [-0.15, -0.1) is 0 Å². The van der Waals surface area contributed by atoms with E-state index in [0.29, 0.717) is 22.6 Å². The summed E-state index contributed by atoms with van der Waals surface area (Å²) in [6.07, 6.45) is 0.788. The van der Waals surface area contributed by atoms with Crippen LogP contribution in [-0.4, -0.2) is 21.3 Å². The number of nitrogens with zero attached hydrogens (tertiary/aromatic N) is 2. The minimum atomic E-state index is -0.874. The number of benzene rings is 1. The molecule has 2 atom stereocenters. The zero-order valence-corrected chi connectivity index (χ0v) is 13.8. The molecule has 1 aliphatic rings. The van der Waals surface area contributed by atoms with Gasteiger partial charge in [0.05, 0.1) is 17.7 Å². The van der Waals surface area contributed by atoms with Gasteiger partial charge in [0.15, 0.2) is 0 Å². The summed E-state index contributed by atoms with van der Waals surface area (Å²) in [5.41, 5.74) is 0.787. The van der Waals surface area contributed by atoms with Crippen molar-refractivity contribution in [1.29, 1.82) is 5.26 Å². The Kier molecular flexibility index (Phi) is 3.82. The van der Waals surface area contributed by atoms with Crippen LogP contribution in [0.2, 0.25) is 0 Å².